The van der Waals surface area contributed by atoms with Gasteiger partial charge in [-0.1, -0.05) is 29.4 Å². The molecule has 11 nitrogen and oxygen atoms in total. The van der Waals surface area contributed by atoms with Gasteiger partial charge in [0.15, 0.2) is 5.84 Å². The van der Waals surface area contributed by atoms with E-state index in [4.69, 9.17) is 24.6 Å². The number of halogens is 1. The van der Waals surface area contributed by atoms with Gasteiger partial charge in [0.25, 0.3) is 0 Å². The number of benzene rings is 2. The van der Waals surface area contributed by atoms with E-state index < -0.39 is 12.2 Å². The lowest BCUT2D eigenvalue weighted by atomic mass is 9.99. The van der Waals surface area contributed by atoms with Gasteiger partial charge >= 0.3 is 6.41 Å². The molecule has 3 aliphatic heterocycles. The Morgan fingerprint density at radius 2 is 2.11 bits per heavy atom. The molecule has 0 spiro atoms. The summed E-state index contributed by atoms with van der Waals surface area (Å²) >= 11 is 0. The van der Waals surface area contributed by atoms with Crippen LogP contribution in [0.3, 0.4) is 0 Å². The Labute approximate surface area is 252 Å². The fourth-order valence-corrected chi connectivity index (χ4v) is 5.55. The summed E-state index contributed by atoms with van der Waals surface area (Å²) in [6.07, 6.45) is 4.87. The second-order valence-corrected chi connectivity index (χ2v) is 11.0. The number of fused-ring (bicyclic) bond motifs is 1. The predicted octanol–water partition coefficient (Wildman–Crippen LogP) is 3.66. The predicted molar refractivity (Wildman–Crippen MR) is 158 cm³/mol. The highest BCUT2D eigenvalue weighted by Gasteiger charge is 2.25. The molecule has 0 amide bonds. The molecule has 224 valence electrons. The molecule has 0 radical (unpaired) electrons. The molecule has 0 bridgehead atoms. The van der Waals surface area contributed by atoms with Gasteiger partial charge in [-0.05, 0) is 54.3 Å². The minimum absolute atomic E-state index is 0.0814. The number of aromatic nitrogens is 3. The molecular formula is C32H30FN7O4. The molecule has 2 unspecified atom stereocenters. The van der Waals surface area contributed by atoms with Crippen molar-refractivity contribution >= 4 is 22.4 Å². The first-order valence-electron chi connectivity index (χ1n) is 14.5. The zero-order valence-corrected chi connectivity index (χ0v) is 23.8. The van der Waals surface area contributed by atoms with Crippen molar-refractivity contribution in [2.75, 3.05) is 19.7 Å². The van der Waals surface area contributed by atoms with E-state index in [0.29, 0.717) is 35.9 Å². The summed E-state index contributed by atoms with van der Waals surface area (Å²) in [7, 11) is 0. The van der Waals surface area contributed by atoms with E-state index in [1.54, 1.807) is 18.3 Å². The Kier molecular flexibility index (Phi) is 7.66. The topological polar surface area (TPSA) is 130 Å². The Bertz CT molecular complexity index is 1810. The van der Waals surface area contributed by atoms with Crippen molar-refractivity contribution < 1.29 is 23.8 Å². The molecule has 1 fully saturated rings. The van der Waals surface area contributed by atoms with Crippen LogP contribution in [0.2, 0.25) is 0 Å². The summed E-state index contributed by atoms with van der Waals surface area (Å²) in [5, 5.41) is 25.1. The Morgan fingerprint density at radius 1 is 1.20 bits per heavy atom. The molecule has 2 aromatic carbocycles. The van der Waals surface area contributed by atoms with Crippen molar-refractivity contribution in [3.8, 4) is 11.8 Å². The number of ether oxygens (including phenoxy) is 2. The number of nitrogens with one attached hydrogen (secondary N) is 1. The van der Waals surface area contributed by atoms with Crippen LogP contribution in [0.5, 0.6) is 5.75 Å². The second-order valence-electron chi connectivity index (χ2n) is 11.0. The highest BCUT2D eigenvalue weighted by Crippen LogP contribution is 2.28. The smallest absolute Gasteiger partial charge is 0.305 e. The standard InChI is InChI=1S/C32H30FN7O4/c33-26-12-20(15-34)4-5-23(26)19-43-24-3-1-2-22(13-24)21-6-9-39(10-7-21)18-30-36-27-14-28(31-37-32(41)44-38-31)35-16-29(27)40(30)17-25-8-11-42-25/h1-6,12-14,16,25,32,41H,7-11,17-19H2,(H,37,38). The Balaban J connectivity index is 1.04. The van der Waals surface area contributed by atoms with E-state index in [1.807, 2.05) is 30.3 Å². The van der Waals surface area contributed by atoms with E-state index >= 15 is 0 Å². The summed E-state index contributed by atoms with van der Waals surface area (Å²) in [4.78, 5) is 16.7. The van der Waals surface area contributed by atoms with Crippen LogP contribution in [-0.2, 0) is 29.3 Å². The van der Waals surface area contributed by atoms with E-state index in [9.17, 15) is 9.50 Å². The van der Waals surface area contributed by atoms with E-state index in [0.717, 1.165) is 55.0 Å². The van der Waals surface area contributed by atoms with Gasteiger partial charge < -0.3 is 29.3 Å². The van der Waals surface area contributed by atoms with Gasteiger partial charge in [-0.3, -0.25) is 9.88 Å². The lowest BCUT2D eigenvalue weighted by Crippen LogP contribution is -2.33. The van der Waals surface area contributed by atoms with Crippen LogP contribution >= 0.6 is 0 Å². The van der Waals surface area contributed by atoms with Gasteiger partial charge in [-0.15, -0.1) is 0 Å². The fraction of sp³-hybridized carbons (Fsp3) is 0.312. The quantitative estimate of drug-likeness (QED) is 0.298. The van der Waals surface area contributed by atoms with Gasteiger partial charge in [0.05, 0.1) is 48.1 Å². The molecule has 5 heterocycles. The average Bonchev–Trinajstić information content (AvgIpc) is 3.61. The Hall–Kier alpha value is -4.83. The number of nitrogens with zero attached hydrogens (tertiary/aromatic N) is 6. The molecule has 0 saturated carbocycles. The number of hydrogen-bond acceptors (Lipinski definition) is 10. The van der Waals surface area contributed by atoms with Crippen LogP contribution in [-0.4, -0.2) is 62.6 Å². The van der Waals surface area contributed by atoms with Gasteiger partial charge in [-0.25, -0.2) is 9.37 Å². The number of amidine groups is 1. The molecule has 7 rings (SSSR count). The van der Waals surface area contributed by atoms with Crippen molar-refractivity contribution in [1.29, 1.82) is 5.26 Å². The molecule has 1 saturated heterocycles. The fourth-order valence-electron chi connectivity index (χ4n) is 5.55. The van der Waals surface area contributed by atoms with E-state index in [2.05, 4.69) is 37.1 Å². The molecule has 2 atom stereocenters. The molecule has 12 heteroatoms. The highest BCUT2D eigenvalue weighted by atomic mass is 19.1. The number of imidazole rings is 1. The summed E-state index contributed by atoms with van der Waals surface area (Å²) in [6, 6.07) is 16.0. The highest BCUT2D eigenvalue weighted by molar-refractivity contribution is 5.99. The van der Waals surface area contributed by atoms with Crippen LogP contribution < -0.4 is 10.1 Å². The molecule has 44 heavy (non-hydrogen) atoms. The monoisotopic (exact) mass is 595 g/mol. The molecular weight excluding hydrogens is 565 g/mol. The number of rotatable bonds is 9. The zero-order chi connectivity index (χ0) is 30.0. The molecule has 3 aliphatic rings. The van der Waals surface area contributed by atoms with Crippen molar-refractivity contribution in [2.24, 2.45) is 5.16 Å². The second kappa shape index (κ2) is 12.0. The van der Waals surface area contributed by atoms with Gasteiger partial charge in [0.2, 0.25) is 0 Å². The van der Waals surface area contributed by atoms with Gasteiger partial charge in [0.1, 0.15) is 29.7 Å². The maximum Gasteiger partial charge on any atom is 0.305 e. The molecule has 0 aliphatic carbocycles. The van der Waals surface area contributed by atoms with Crippen LogP contribution in [0.4, 0.5) is 4.39 Å². The minimum Gasteiger partial charge on any atom is -0.489 e. The van der Waals surface area contributed by atoms with Crippen molar-refractivity contribution in [3.63, 3.8) is 0 Å². The van der Waals surface area contributed by atoms with Crippen LogP contribution in [0.25, 0.3) is 16.6 Å². The first kappa shape index (κ1) is 28.0. The third-order valence-electron chi connectivity index (χ3n) is 8.08. The largest absolute Gasteiger partial charge is 0.489 e. The van der Waals surface area contributed by atoms with Crippen LogP contribution in [0.1, 0.15) is 41.1 Å². The lowest BCUT2D eigenvalue weighted by Gasteiger charge is -2.29. The Morgan fingerprint density at radius 3 is 2.84 bits per heavy atom. The van der Waals surface area contributed by atoms with E-state index in [1.165, 1.54) is 11.6 Å². The maximum absolute atomic E-state index is 14.3. The number of nitriles is 1. The minimum atomic E-state index is -1.18. The molecule has 2 N–H and O–H groups in total. The number of aliphatic hydroxyl groups excluding tert-OH is 1. The summed E-state index contributed by atoms with van der Waals surface area (Å²) in [5.41, 5.74) is 5.26. The zero-order valence-electron chi connectivity index (χ0n) is 23.8. The summed E-state index contributed by atoms with van der Waals surface area (Å²) in [6.45, 7) is 3.86. The number of oxime groups is 1. The SMILES string of the molecule is N#Cc1ccc(COc2cccc(C3=CCN(Cc4nc5cc(C6=NOC(O)N6)ncc5n4CC4CCO4)CC3)c2)c(F)c1. The third-order valence-corrected chi connectivity index (χ3v) is 8.08. The molecule has 2 aromatic heterocycles. The number of aliphatic hydroxyl groups is 1. The maximum atomic E-state index is 14.3. The third kappa shape index (κ3) is 5.85. The van der Waals surface area contributed by atoms with Crippen LogP contribution in [0.15, 0.2) is 66.0 Å². The number of hydrogen-bond donors (Lipinski definition) is 2. The normalized spacial score (nSPS) is 19.8. The van der Waals surface area contributed by atoms with Crippen LogP contribution in [0, 0.1) is 17.1 Å². The van der Waals surface area contributed by atoms with E-state index in [-0.39, 0.29) is 18.3 Å². The lowest BCUT2D eigenvalue weighted by molar-refractivity contribution is -0.0896. The molecule has 4 aromatic rings. The van der Waals surface area contributed by atoms with Crippen molar-refractivity contribution in [3.05, 3.63) is 94.8 Å². The van der Waals surface area contributed by atoms with Crippen molar-refractivity contribution in [1.82, 2.24) is 24.8 Å². The average molecular weight is 596 g/mol. The first-order valence-corrected chi connectivity index (χ1v) is 14.5. The summed E-state index contributed by atoms with van der Waals surface area (Å²) < 4.78 is 28.1. The first-order chi connectivity index (χ1) is 21.5. The number of pyridine rings is 1. The summed E-state index contributed by atoms with van der Waals surface area (Å²) in [5.74, 6) is 1.52. The van der Waals surface area contributed by atoms with Crippen molar-refractivity contribution in [2.45, 2.75) is 45.1 Å². The van der Waals surface area contributed by atoms with Gasteiger partial charge in [0, 0.05) is 25.3 Å². The van der Waals surface area contributed by atoms with Gasteiger partial charge in [-0.2, -0.15) is 5.26 Å².